The number of hydrogen-bond donors (Lipinski definition) is 1. The van der Waals surface area contributed by atoms with E-state index >= 15 is 0 Å². The Morgan fingerprint density at radius 3 is 2.80 bits per heavy atom. The lowest BCUT2D eigenvalue weighted by molar-refractivity contribution is 0.0696. The first-order valence-electron chi connectivity index (χ1n) is 8.73. The van der Waals surface area contributed by atoms with Crippen LogP contribution in [-0.2, 0) is 6.61 Å². The van der Waals surface area contributed by atoms with Crippen LogP contribution < -0.4 is 4.74 Å². The number of carboxylic acid groups (broad SMARTS) is 1. The maximum Gasteiger partial charge on any atom is 0.335 e. The maximum atomic E-state index is 11.1. The van der Waals surface area contributed by atoms with Gasteiger partial charge in [0.1, 0.15) is 18.2 Å². The third kappa shape index (κ3) is 3.99. The van der Waals surface area contributed by atoms with Gasteiger partial charge in [-0.3, -0.25) is 0 Å². The number of halogens is 1. The predicted molar refractivity (Wildman–Crippen MR) is 115 cm³/mol. The first-order valence-corrected chi connectivity index (χ1v) is 10.4. The highest BCUT2D eigenvalue weighted by Crippen LogP contribution is 2.35. The molecule has 148 valence electrons. The summed E-state index contributed by atoms with van der Waals surface area (Å²) in [5.41, 5.74) is 3.31. The van der Waals surface area contributed by atoms with Crippen LogP contribution in [0.5, 0.6) is 5.88 Å². The van der Waals surface area contributed by atoms with Gasteiger partial charge in [0.25, 0.3) is 0 Å². The second-order valence-electron chi connectivity index (χ2n) is 6.24. The fourth-order valence-corrected chi connectivity index (χ4v) is 4.05. The van der Waals surface area contributed by atoms with Crippen molar-refractivity contribution in [2.75, 3.05) is 0 Å². The first kappa shape index (κ1) is 19.9. The zero-order chi connectivity index (χ0) is 21.1. The molecule has 3 aromatic heterocycles. The second-order valence-corrected chi connectivity index (χ2v) is 8.04. The van der Waals surface area contributed by atoms with E-state index in [2.05, 4.69) is 27.0 Å². The molecule has 30 heavy (non-hydrogen) atoms. The first-order chi connectivity index (χ1) is 14.6. The molecule has 0 spiro atoms. The Morgan fingerprint density at radius 2 is 2.17 bits per heavy atom. The minimum absolute atomic E-state index is 0.112. The van der Waals surface area contributed by atoms with Crippen LogP contribution in [0.2, 0.25) is 0 Å². The summed E-state index contributed by atoms with van der Waals surface area (Å²) < 4.78 is 11.7. The molecule has 0 bridgehead atoms. The van der Waals surface area contributed by atoms with E-state index in [0.717, 1.165) is 16.0 Å². The Morgan fingerprint density at radius 1 is 1.30 bits per heavy atom. The van der Waals surface area contributed by atoms with E-state index in [1.165, 1.54) is 23.5 Å². The van der Waals surface area contributed by atoms with Gasteiger partial charge in [-0.05, 0) is 35.7 Å². The standard InChI is InChI=1S/C22H13BrN2O4S/c23-18-8-13(22(26)27)3-4-15(18)12-29-21-17(10-24)16(14-5-6-28-11-14)9-19(25-21)20-2-1-7-30-20/h1-9,11H,12H2,(H,26,27). The fraction of sp³-hybridized carbons (Fsp3) is 0.0455. The lowest BCUT2D eigenvalue weighted by atomic mass is 10.0. The number of rotatable bonds is 6. The van der Waals surface area contributed by atoms with E-state index in [4.69, 9.17) is 14.3 Å². The number of aromatic nitrogens is 1. The summed E-state index contributed by atoms with van der Waals surface area (Å²) in [5.74, 6) is -0.807. The van der Waals surface area contributed by atoms with Crippen LogP contribution in [0.25, 0.3) is 21.7 Å². The Bertz CT molecular complexity index is 1250. The van der Waals surface area contributed by atoms with Gasteiger partial charge in [0.05, 0.1) is 28.7 Å². The molecule has 1 N–H and O–H groups in total. The number of furan rings is 1. The molecular weight excluding hydrogens is 468 g/mol. The molecule has 3 heterocycles. The Labute approximate surface area is 184 Å². The number of nitriles is 1. The lowest BCUT2D eigenvalue weighted by Crippen LogP contribution is -2.04. The number of ether oxygens (including phenoxy) is 1. The molecule has 8 heteroatoms. The average Bonchev–Trinajstić information content (AvgIpc) is 3.46. The predicted octanol–water partition coefficient (Wildman–Crippen LogP) is 5.98. The largest absolute Gasteiger partial charge is 0.478 e. The van der Waals surface area contributed by atoms with Crippen LogP contribution in [0.3, 0.4) is 0 Å². The van der Waals surface area contributed by atoms with E-state index < -0.39 is 5.97 Å². The molecule has 4 rings (SSSR count). The van der Waals surface area contributed by atoms with E-state index in [1.54, 1.807) is 24.7 Å². The zero-order valence-corrected chi connectivity index (χ0v) is 17.7. The highest BCUT2D eigenvalue weighted by atomic mass is 79.9. The average molecular weight is 481 g/mol. The summed E-state index contributed by atoms with van der Waals surface area (Å²) in [6.07, 6.45) is 3.11. The number of hydrogen-bond acceptors (Lipinski definition) is 6. The zero-order valence-electron chi connectivity index (χ0n) is 15.3. The van der Waals surface area contributed by atoms with Crippen LogP contribution in [-0.4, -0.2) is 16.1 Å². The normalized spacial score (nSPS) is 10.5. The van der Waals surface area contributed by atoms with Crippen molar-refractivity contribution in [1.29, 1.82) is 5.26 Å². The Balaban J connectivity index is 1.74. The Hall–Kier alpha value is -3.41. The number of carboxylic acids is 1. The lowest BCUT2D eigenvalue weighted by Gasteiger charge is -2.13. The van der Waals surface area contributed by atoms with Crippen molar-refractivity contribution >= 4 is 33.2 Å². The van der Waals surface area contributed by atoms with Crippen molar-refractivity contribution in [1.82, 2.24) is 4.98 Å². The van der Waals surface area contributed by atoms with Gasteiger partial charge in [-0.25, -0.2) is 9.78 Å². The van der Waals surface area contributed by atoms with Crippen LogP contribution >= 0.6 is 27.3 Å². The molecule has 0 aliphatic heterocycles. The van der Waals surface area contributed by atoms with Crippen LogP contribution in [0.15, 0.2) is 69.3 Å². The summed E-state index contributed by atoms with van der Waals surface area (Å²) in [6, 6.07) is 14.4. The topological polar surface area (TPSA) is 96.4 Å². The maximum absolute atomic E-state index is 11.1. The summed E-state index contributed by atoms with van der Waals surface area (Å²) in [7, 11) is 0. The number of aromatic carboxylic acids is 1. The second kappa shape index (κ2) is 8.53. The summed E-state index contributed by atoms with van der Waals surface area (Å²) in [4.78, 5) is 16.6. The quantitative estimate of drug-likeness (QED) is 0.364. The highest BCUT2D eigenvalue weighted by Gasteiger charge is 2.18. The third-order valence-corrected chi connectivity index (χ3v) is 6.00. The smallest absolute Gasteiger partial charge is 0.335 e. The molecule has 0 aliphatic rings. The molecule has 0 amide bonds. The minimum atomic E-state index is -1.01. The van der Waals surface area contributed by atoms with E-state index in [-0.39, 0.29) is 18.1 Å². The van der Waals surface area contributed by atoms with Gasteiger partial charge < -0.3 is 14.3 Å². The SMILES string of the molecule is N#Cc1c(-c2ccoc2)cc(-c2cccs2)nc1OCc1ccc(C(=O)O)cc1Br. The van der Waals surface area contributed by atoms with E-state index in [9.17, 15) is 10.1 Å². The van der Waals surface area contributed by atoms with Gasteiger partial charge in [0.15, 0.2) is 0 Å². The van der Waals surface area contributed by atoms with Crippen molar-refractivity contribution in [2.45, 2.75) is 6.61 Å². The summed E-state index contributed by atoms with van der Waals surface area (Å²) >= 11 is 4.91. The number of benzene rings is 1. The van der Waals surface area contributed by atoms with Gasteiger partial charge in [-0.15, -0.1) is 11.3 Å². The number of thiophene rings is 1. The number of nitrogens with zero attached hydrogens (tertiary/aromatic N) is 2. The molecule has 0 saturated heterocycles. The van der Waals surface area contributed by atoms with Crippen molar-refractivity contribution < 1.29 is 19.1 Å². The Kier molecular flexibility index (Phi) is 5.65. The van der Waals surface area contributed by atoms with Gasteiger partial charge in [0, 0.05) is 21.2 Å². The van der Waals surface area contributed by atoms with Gasteiger partial charge in [-0.1, -0.05) is 28.1 Å². The molecule has 0 fully saturated rings. The molecule has 1 aromatic carbocycles. The molecule has 0 atom stereocenters. The van der Waals surface area contributed by atoms with Crippen molar-refractivity contribution in [3.63, 3.8) is 0 Å². The third-order valence-electron chi connectivity index (χ3n) is 4.37. The number of pyridine rings is 1. The highest BCUT2D eigenvalue weighted by molar-refractivity contribution is 9.10. The van der Waals surface area contributed by atoms with Crippen LogP contribution in [0, 0.1) is 11.3 Å². The summed E-state index contributed by atoms with van der Waals surface area (Å²) in [6.45, 7) is 0.112. The fourth-order valence-electron chi connectivity index (χ4n) is 2.87. The molecule has 6 nitrogen and oxygen atoms in total. The van der Waals surface area contributed by atoms with Gasteiger partial charge in [-0.2, -0.15) is 5.26 Å². The van der Waals surface area contributed by atoms with E-state index in [0.29, 0.717) is 21.3 Å². The van der Waals surface area contributed by atoms with E-state index in [1.807, 2.05) is 23.6 Å². The van der Waals surface area contributed by atoms with Crippen molar-refractivity contribution in [3.05, 3.63) is 81.5 Å². The molecule has 0 radical (unpaired) electrons. The molecule has 0 unspecified atom stereocenters. The summed E-state index contributed by atoms with van der Waals surface area (Å²) in [5, 5.41) is 20.9. The molecular formula is C22H13BrN2O4S. The van der Waals surface area contributed by atoms with Gasteiger partial charge >= 0.3 is 5.97 Å². The minimum Gasteiger partial charge on any atom is -0.478 e. The van der Waals surface area contributed by atoms with Crippen molar-refractivity contribution in [3.8, 4) is 33.6 Å². The van der Waals surface area contributed by atoms with Crippen molar-refractivity contribution in [2.24, 2.45) is 0 Å². The van der Waals surface area contributed by atoms with Crippen LogP contribution in [0.1, 0.15) is 21.5 Å². The molecule has 0 aliphatic carbocycles. The number of carbonyl (C=O) groups is 1. The van der Waals surface area contributed by atoms with Gasteiger partial charge in [0.2, 0.25) is 5.88 Å². The molecule has 0 saturated carbocycles. The van der Waals surface area contributed by atoms with Crippen LogP contribution in [0.4, 0.5) is 0 Å². The molecule has 4 aromatic rings. The monoisotopic (exact) mass is 480 g/mol.